The monoisotopic (exact) mass is 289 g/mol. The maximum atomic E-state index is 12.7. The Hall–Kier alpha value is -0.910. The van der Waals surface area contributed by atoms with Gasteiger partial charge in [-0.1, -0.05) is 6.92 Å². The van der Waals surface area contributed by atoms with Crippen molar-refractivity contribution in [2.24, 2.45) is 0 Å². The second-order valence-corrected chi connectivity index (χ2v) is 5.04. The Labute approximate surface area is 116 Å². The van der Waals surface area contributed by atoms with E-state index in [0.29, 0.717) is 6.54 Å². The molecule has 0 saturated heterocycles. The Morgan fingerprint density at radius 2 is 2.22 bits per heavy atom. The summed E-state index contributed by atoms with van der Waals surface area (Å²) in [4.78, 5) is 1.02. The van der Waals surface area contributed by atoms with Gasteiger partial charge in [-0.05, 0) is 18.6 Å². The molecule has 0 amide bonds. The quantitative estimate of drug-likeness (QED) is 0.885. The van der Waals surface area contributed by atoms with Gasteiger partial charge >= 0.3 is 0 Å². The lowest BCUT2D eigenvalue weighted by Gasteiger charge is -2.00. The molecule has 0 atom stereocenters. The van der Waals surface area contributed by atoms with E-state index in [0.717, 1.165) is 30.0 Å². The fraction of sp³-hybridized carbons (Fsp3) is 0.417. The van der Waals surface area contributed by atoms with E-state index in [-0.39, 0.29) is 17.5 Å². The van der Waals surface area contributed by atoms with Gasteiger partial charge in [0.2, 0.25) is 0 Å². The summed E-state index contributed by atoms with van der Waals surface area (Å²) in [5.74, 6) is 0. The van der Waals surface area contributed by atoms with Gasteiger partial charge in [-0.25, -0.2) is 0 Å². The minimum Gasteiger partial charge on any atom is -0.308 e. The molecule has 100 valence electrons. The first-order valence-corrected chi connectivity index (χ1v) is 6.56. The maximum absolute atomic E-state index is 12.7. The van der Waals surface area contributed by atoms with Crippen molar-refractivity contribution in [3.05, 3.63) is 40.1 Å². The highest BCUT2D eigenvalue weighted by Gasteiger charge is 2.00. The van der Waals surface area contributed by atoms with Crippen LogP contribution >= 0.6 is 23.7 Å². The Morgan fingerprint density at radius 3 is 2.89 bits per heavy atom. The zero-order valence-corrected chi connectivity index (χ0v) is 11.9. The first kappa shape index (κ1) is 15.1. The number of rotatable bonds is 6. The number of aromatic nitrogens is 2. The van der Waals surface area contributed by atoms with Crippen LogP contribution < -0.4 is 5.32 Å². The molecular weight excluding hydrogens is 273 g/mol. The van der Waals surface area contributed by atoms with Gasteiger partial charge in [0.05, 0.1) is 6.20 Å². The molecule has 6 heteroatoms. The Bertz CT molecular complexity index is 469. The number of halogens is 2. The van der Waals surface area contributed by atoms with E-state index in [2.05, 4.69) is 17.3 Å². The Morgan fingerprint density at radius 1 is 1.39 bits per heavy atom. The molecule has 3 nitrogen and oxygen atoms in total. The number of aryl methyl sites for hydroxylation is 1. The number of hydrogen-bond acceptors (Lipinski definition) is 3. The second kappa shape index (κ2) is 7.51. The largest absolute Gasteiger partial charge is 0.308 e. The predicted molar refractivity (Wildman–Crippen MR) is 74.6 cm³/mol. The average molecular weight is 290 g/mol. The highest BCUT2D eigenvalue weighted by molar-refractivity contribution is 7.10. The molecule has 0 bridgehead atoms. The number of thiophene rings is 1. The van der Waals surface area contributed by atoms with Crippen LogP contribution in [0.3, 0.4) is 0 Å². The lowest BCUT2D eigenvalue weighted by molar-refractivity contribution is 0.601. The molecule has 0 aliphatic carbocycles. The van der Waals surface area contributed by atoms with Crippen molar-refractivity contribution in [3.63, 3.8) is 0 Å². The fourth-order valence-electron chi connectivity index (χ4n) is 1.63. The molecule has 0 saturated carbocycles. The van der Waals surface area contributed by atoms with Crippen LogP contribution in [0.1, 0.15) is 23.8 Å². The van der Waals surface area contributed by atoms with E-state index in [9.17, 15) is 4.39 Å². The highest BCUT2D eigenvalue weighted by Crippen LogP contribution is 2.13. The van der Waals surface area contributed by atoms with Crippen molar-refractivity contribution in [2.45, 2.75) is 33.0 Å². The first-order valence-electron chi connectivity index (χ1n) is 5.74. The zero-order chi connectivity index (χ0) is 12.1. The van der Waals surface area contributed by atoms with Crippen LogP contribution in [-0.4, -0.2) is 9.78 Å². The molecule has 2 aromatic rings. The Kier molecular flexibility index (Phi) is 6.32. The Balaban J connectivity index is 0.00000162. The fourth-order valence-corrected chi connectivity index (χ4v) is 2.32. The van der Waals surface area contributed by atoms with Crippen molar-refractivity contribution in [1.29, 1.82) is 0 Å². The van der Waals surface area contributed by atoms with Crippen molar-refractivity contribution in [1.82, 2.24) is 15.1 Å². The second-order valence-electron chi connectivity index (χ2n) is 3.92. The normalized spacial score (nSPS) is 10.3. The molecule has 0 spiro atoms. The van der Waals surface area contributed by atoms with E-state index in [1.54, 1.807) is 0 Å². The van der Waals surface area contributed by atoms with Crippen molar-refractivity contribution >= 4 is 23.7 Å². The standard InChI is InChI=1S/C12H16FN3S.ClH/c1-2-5-16-9-10(7-15-16)6-14-8-11-3-4-12(13)17-11;/h3-4,7,9,14H,2,5-6,8H2,1H3;1H. The first-order chi connectivity index (χ1) is 8.28. The van der Waals surface area contributed by atoms with E-state index in [4.69, 9.17) is 0 Å². The predicted octanol–water partition coefficient (Wildman–Crippen LogP) is 3.21. The zero-order valence-electron chi connectivity index (χ0n) is 10.2. The number of hydrogen-bond donors (Lipinski definition) is 1. The molecule has 2 aromatic heterocycles. The summed E-state index contributed by atoms with van der Waals surface area (Å²) in [6.45, 7) is 4.55. The van der Waals surface area contributed by atoms with Crippen LogP contribution in [0.5, 0.6) is 0 Å². The summed E-state index contributed by atoms with van der Waals surface area (Å²) in [5, 5.41) is 7.40. The third-order valence-corrected chi connectivity index (χ3v) is 3.27. The van der Waals surface area contributed by atoms with Crippen molar-refractivity contribution in [3.8, 4) is 0 Å². The summed E-state index contributed by atoms with van der Waals surface area (Å²) < 4.78 is 14.7. The third kappa shape index (κ3) is 4.40. The topological polar surface area (TPSA) is 29.9 Å². The van der Waals surface area contributed by atoms with Gasteiger partial charge in [-0.15, -0.1) is 23.7 Å². The molecule has 18 heavy (non-hydrogen) atoms. The SMILES string of the molecule is CCCn1cc(CNCc2ccc(F)s2)cn1.Cl. The lowest BCUT2D eigenvalue weighted by Crippen LogP contribution is -2.11. The molecule has 0 aliphatic heterocycles. The molecule has 0 unspecified atom stereocenters. The van der Waals surface area contributed by atoms with Gasteiger partial charge in [-0.2, -0.15) is 9.49 Å². The summed E-state index contributed by atoms with van der Waals surface area (Å²) in [5.41, 5.74) is 1.16. The molecular formula is C12H17ClFN3S. The summed E-state index contributed by atoms with van der Waals surface area (Å²) in [6.07, 6.45) is 5.01. The van der Waals surface area contributed by atoms with Gasteiger partial charge in [-0.3, -0.25) is 4.68 Å². The molecule has 1 N–H and O–H groups in total. The molecule has 2 rings (SSSR count). The third-order valence-electron chi connectivity index (χ3n) is 2.40. The van der Waals surface area contributed by atoms with Crippen LogP contribution in [0.2, 0.25) is 0 Å². The van der Waals surface area contributed by atoms with E-state index >= 15 is 0 Å². The number of nitrogens with one attached hydrogen (secondary N) is 1. The molecule has 0 aliphatic rings. The molecule has 0 radical (unpaired) electrons. The average Bonchev–Trinajstić information content (AvgIpc) is 2.89. The van der Waals surface area contributed by atoms with E-state index < -0.39 is 0 Å². The molecule has 2 heterocycles. The molecule has 0 aromatic carbocycles. The van der Waals surface area contributed by atoms with Crippen LogP contribution in [0.15, 0.2) is 24.5 Å². The van der Waals surface area contributed by atoms with Crippen LogP contribution in [-0.2, 0) is 19.6 Å². The maximum Gasteiger partial charge on any atom is 0.176 e. The smallest absolute Gasteiger partial charge is 0.176 e. The number of nitrogens with zero attached hydrogens (tertiary/aromatic N) is 2. The summed E-state index contributed by atoms with van der Waals surface area (Å²) in [6, 6.07) is 3.31. The van der Waals surface area contributed by atoms with Gasteiger partial charge in [0, 0.05) is 36.3 Å². The minimum atomic E-state index is -0.127. The highest BCUT2D eigenvalue weighted by atomic mass is 35.5. The van der Waals surface area contributed by atoms with E-state index in [1.807, 2.05) is 23.1 Å². The van der Waals surface area contributed by atoms with Crippen molar-refractivity contribution in [2.75, 3.05) is 0 Å². The van der Waals surface area contributed by atoms with Gasteiger partial charge in [0.25, 0.3) is 0 Å². The molecule has 0 fully saturated rings. The van der Waals surface area contributed by atoms with Gasteiger partial charge in [0.1, 0.15) is 0 Å². The summed E-state index contributed by atoms with van der Waals surface area (Å²) in [7, 11) is 0. The van der Waals surface area contributed by atoms with Crippen LogP contribution in [0.25, 0.3) is 0 Å². The van der Waals surface area contributed by atoms with Gasteiger partial charge in [0.15, 0.2) is 5.13 Å². The minimum absolute atomic E-state index is 0. The summed E-state index contributed by atoms with van der Waals surface area (Å²) >= 11 is 1.19. The van der Waals surface area contributed by atoms with E-state index in [1.165, 1.54) is 17.4 Å². The van der Waals surface area contributed by atoms with Crippen molar-refractivity contribution < 1.29 is 4.39 Å². The lowest BCUT2D eigenvalue weighted by atomic mass is 10.3. The van der Waals surface area contributed by atoms with Crippen LogP contribution in [0.4, 0.5) is 4.39 Å². The van der Waals surface area contributed by atoms with Crippen LogP contribution in [0, 0.1) is 5.13 Å². The van der Waals surface area contributed by atoms with Gasteiger partial charge < -0.3 is 5.32 Å².